The molecule has 1 aliphatic rings. The summed E-state index contributed by atoms with van der Waals surface area (Å²) in [6, 6.07) is 0.439. The van der Waals surface area contributed by atoms with Crippen LogP contribution in [0.5, 0.6) is 5.75 Å². The molecule has 1 aromatic rings. The van der Waals surface area contributed by atoms with E-state index in [0.717, 1.165) is 12.2 Å². The molecule has 1 aromatic heterocycles. The predicted octanol–water partition coefficient (Wildman–Crippen LogP) is 2.42. The molecule has 2 rings (SSSR count). The molecule has 13 heavy (non-hydrogen) atoms. The van der Waals surface area contributed by atoms with Crippen molar-refractivity contribution in [2.24, 2.45) is 0 Å². The van der Waals surface area contributed by atoms with E-state index in [-0.39, 0.29) is 5.75 Å². The fraction of sp³-hybridized carbons (Fsp3) is 0.625. The van der Waals surface area contributed by atoms with Crippen molar-refractivity contribution in [3.05, 3.63) is 10.8 Å². The quantitative estimate of drug-likeness (QED) is 0.845. The van der Waals surface area contributed by atoms with Gasteiger partial charge in [0.2, 0.25) is 0 Å². The zero-order valence-corrected chi connectivity index (χ0v) is 9.51. The smallest absolute Gasteiger partial charge is 0.168 e. The maximum Gasteiger partial charge on any atom is 0.168 e. The number of halogens is 1. The van der Waals surface area contributed by atoms with E-state index >= 15 is 0 Å². The van der Waals surface area contributed by atoms with Gasteiger partial charge in [0, 0.05) is 5.75 Å². The fourth-order valence-corrected chi connectivity index (χ4v) is 3.11. The molecule has 1 atom stereocenters. The highest BCUT2D eigenvalue weighted by atomic mass is 79.9. The minimum Gasteiger partial charge on any atom is -0.504 e. The summed E-state index contributed by atoms with van der Waals surface area (Å²) in [6.07, 6.45) is 3.89. The summed E-state index contributed by atoms with van der Waals surface area (Å²) in [6.45, 7) is 0. The number of aromatic hydroxyl groups is 1. The highest BCUT2D eigenvalue weighted by molar-refractivity contribution is 9.10. The standard InChI is InChI=1S/C8H11BrN2OS/c9-8-7(12)4-10-11(8)6-2-1-3-13-5-6/h4,6,12H,1-3,5H2. The summed E-state index contributed by atoms with van der Waals surface area (Å²) < 4.78 is 2.58. The van der Waals surface area contributed by atoms with Gasteiger partial charge >= 0.3 is 0 Å². The van der Waals surface area contributed by atoms with Crippen LogP contribution < -0.4 is 0 Å². The van der Waals surface area contributed by atoms with Crippen molar-refractivity contribution in [1.29, 1.82) is 0 Å². The second-order valence-corrected chi connectivity index (χ2v) is 5.04. The molecule has 1 unspecified atom stereocenters. The Morgan fingerprint density at radius 2 is 2.54 bits per heavy atom. The molecule has 3 nitrogen and oxygen atoms in total. The molecule has 0 aliphatic carbocycles. The van der Waals surface area contributed by atoms with Crippen LogP contribution in [0, 0.1) is 0 Å². The van der Waals surface area contributed by atoms with E-state index in [1.165, 1.54) is 18.4 Å². The third kappa shape index (κ3) is 1.86. The Kier molecular flexibility index (Phi) is 2.83. The number of nitrogens with zero attached hydrogens (tertiary/aromatic N) is 2. The third-order valence-electron chi connectivity index (χ3n) is 2.20. The molecule has 2 heterocycles. The van der Waals surface area contributed by atoms with Crippen LogP contribution in [0.1, 0.15) is 18.9 Å². The van der Waals surface area contributed by atoms with E-state index in [1.54, 1.807) is 0 Å². The monoisotopic (exact) mass is 262 g/mol. The fourth-order valence-electron chi connectivity index (χ4n) is 1.51. The van der Waals surface area contributed by atoms with Crippen LogP contribution in [0.25, 0.3) is 0 Å². The zero-order chi connectivity index (χ0) is 9.26. The first-order valence-electron chi connectivity index (χ1n) is 4.29. The van der Waals surface area contributed by atoms with Gasteiger partial charge in [-0.3, -0.25) is 4.68 Å². The van der Waals surface area contributed by atoms with Gasteiger partial charge in [0.15, 0.2) is 5.75 Å². The van der Waals surface area contributed by atoms with E-state index in [2.05, 4.69) is 21.0 Å². The van der Waals surface area contributed by atoms with Gasteiger partial charge < -0.3 is 5.11 Å². The lowest BCUT2D eigenvalue weighted by atomic mass is 10.2. The number of hydrogen-bond acceptors (Lipinski definition) is 3. The van der Waals surface area contributed by atoms with Crippen LogP contribution in [-0.2, 0) is 0 Å². The van der Waals surface area contributed by atoms with Crippen molar-refractivity contribution in [2.45, 2.75) is 18.9 Å². The summed E-state index contributed by atoms with van der Waals surface area (Å²) in [7, 11) is 0. The maximum absolute atomic E-state index is 9.33. The molecule has 1 aliphatic heterocycles. The maximum atomic E-state index is 9.33. The zero-order valence-electron chi connectivity index (χ0n) is 7.11. The molecule has 0 amide bonds. The van der Waals surface area contributed by atoms with E-state index < -0.39 is 0 Å². The summed E-state index contributed by atoms with van der Waals surface area (Å²) >= 11 is 5.28. The molecule has 0 aromatic carbocycles. The van der Waals surface area contributed by atoms with Crippen molar-refractivity contribution in [1.82, 2.24) is 9.78 Å². The van der Waals surface area contributed by atoms with Gasteiger partial charge in [-0.25, -0.2) is 0 Å². The minimum atomic E-state index is 0.232. The number of thioether (sulfide) groups is 1. The van der Waals surface area contributed by atoms with Gasteiger partial charge in [-0.2, -0.15) is 16.9 Å². The Bertz CT molecular complexity index is 296. The molecule has 1 saturated heterocycles. The molecule has 0 bridgehead atoms. The lowest BCUT2D eigenvalue weighted by Crippen LogP contribution is -2.17. The second kappa shape index (κ2) is 3.92. The summed E-state index contributed by atoms with van der Waals surface area (Å²) in [5.74, 6) is 2.58. The van der Waals surface area contributed by atoms with Gasteiger partial charge in [-0.15, -0.1) is 0 Å². The largest absolute Gasteiger partial charge is 0.504 e. The van der Waals surface area contributed by atoms with Gasteiger partial charge in [0.05, 0.1) is 12.2 Å². The molecule has 5 heteroatoms. The molecule has 0 spiro atoms. The van der Waals surface area contributed by atoms with E-state index in [1.807, 2.05) is 16.4 Å². The van der Waals surface area contributed by atoms with Crippen LogP contribution in [0.4, 0.5) is 0 Å². The third-order valence-corrected chi connectivity index (χ3v) is 4.17. The van der Waals surface area contributed by atoms with E-state index in [4.69, 9.17) is 0 Å². The van der Waals surface area contributed by atoms with Gasteiger partial charge in [0.1, 0.15) is 4.60 Å². The lowest BCUT2D eigenvalue weighted by molar-refractivity contribution is 0.435. The van der Waals surface area contributed by atoms with Gasteiger partial charge in [0.25, 0.3) is 0 Å². The van der Waals surface area contributed by atoms with Gasteiger partial charge in [-0.1, -0.05) is 0 Å². The SMILES string of the molecule is Oc1cnn(C2CCCSC2)c1Br. The first-order chi connectivity index (χ1) is 6.29. The molecular weight excluding hydrogens is 252 g/mol. The highest BCUT2D eigenvalue weighted by Crippen LogP contribution is 2.32. The van der Waals surface area contributed by atoms with E-state index in [9.17, 15) is 5.11 Å². The van der Waals surface area contributed by atoms with Gasteiger partial charge in [-0.05, 0) is 34.5 Å². The summed E-state index contributed by atoms with van der Waals surface area (Å²) in [5, 5.41) is 13.5. The van der Waals surface area contributed by atoms with Crippen LogP contribution in [0.3, 0.4) is 0 Å². The van der Waals surface area contributed by atoms with Crippen molar-refractivity contribution < 1.29 is 5.11 Å². The average Bonchev–Trinajstić information content (AvgIpc) is 2.49. The van der Waals surface area contributed by atoms with Crippen molar-refractivity contribution >= 4 is 27.7 Å². The number of rotatable bonds is 1. The van der Waals surface area contributed by atoms with Crippen molar-refractivity contribution in [3.8, 4) is 5.75 Å². The lowest BCUT2D eigenvalue weighted by Gasteiger charge is -2.22. The molecule has 72 valence electrons. The Morgan fingerprint density at radius 3 is 3.08 bits per heavy atom. The Morgan fingerprint density at radius 1 is 1.69 bits per heavy atom. The van der Waals surface area contributed by atoms with Crippen LogP contribution in [0.2, 0.25) is 0 Å². The molecule has 1 fully saturated rings. The Balaban J connectivity index is 2.18. The Labute approximate surface area is 89.6 Å². The molecule has 0 saturated carbocycles. The first kappa shape index (κ1) is 9.40. The molecular formula is C8H11BrN2OS. The average molecular weight is 263 g/mol. The topological polar surface area (TPSA) is 38.1 Å². The van der Waals surface area contributed by atoms with Crippen LogP contribution in [0.15, 0.2) is 10.8 Å². The van der Waals surface area contributed by atoms with Crippen LogP contribution in [-0.4, -0.2) is 26.4 Å². The molecule has 0 radical (unpaired) electrons. The summed E-state index contributed by atoms with van der Waals surface area (Å²) in [4.78, 5) is 0. The van der Waals surface area contributed by atoms with Crippen LogP contribution >= 0.6 is 27.7 Å². The van der Waals surface area contributed by atoms with Crippen molar-refractivity contribution in [2.75, 3.05) is 11.5 Å². The van der Waals surface area contributed by atoms with Crippen molar-refractivity contribution in [3.63, 3.8) is 0 Å². The highest BCUT2D eigenvalue weighted by Gasteiger charge is 2.19. The normalized spacial score (nSPS) is 23.3. The number of aromatic nitrogens is 2. The first-order valence-corrected chi connectivity index (χ1v) is 6.23. The predicted molar refractivity (Wildman–Crippen MR) is 57.2 cm³/mol. The van der Waals surface area contributed by atoms with E-state index in [0.29, 0.717) is 10.6 Å². The minimum absolute atomic E-state index is 0.232. The summed E-state index contributed by atoms with van der Waals surface area (Å²) in [5.41, 5.74) is 0. The Hall–Kier alpha value is -0.160. The second-order valence-electron chi connectivity index (χ2n) is 3.14. The molecule has 1 N–H and O–H groups in total. The number of hydrogen-bond donors (Lipinski definition) is 1.